The van der Waals surface area contributed by atoms with Crippen LogP contribution in [0.2, 0.25) is 0 Å². The van der Waals surface area contributed by atoms with E-state index in [2.05, 4.69) is 34.9 Å². The standard InChI is InChI=1S/C23H27N3O4S/c1-23(2,3)30-22(28)26-19(20(24)31)12-25-21(27)29-13-18-16-10-6-4-8-14(16)15-9-5-7-11-17(15)18/h4-11,18-19H,12-13H2,1-3H3,(H2,24,31)(H,25,27)(H,26,28)/t19-/m0/s1. The van der Waals surface area contributed by atoms with E-state index in [9.17, 15) is 9.59 Å². The number of thiocarbonyl (C=S) groups is 1. The zero-order valence-corrected chi connectivity index (χ0v) is 18.6. The van der Waals surface area contributed by atoms with E-state index in [0.717, 1.165) is 22.3 Å². The summed E-state index contributed by atoms with van der Waals surface area (Å²) < 4.78 is 10.7. The predicted octanol–water partition coefficient (Wildman–Crippen LogP) is 3.70. The van der Waals surface area contributed by atoms with Gasteiger partial charge >= 0.3 is 12.2 Å². The van der Waals surface area contributed by atoms with Gasteiger partial charge in [0.2, 0.25) is 0 Å². The lowest BCUT2D eigenvalue weighted by atomic mass is 9.98. The molecule has 1 aliphatic carbocycles. The minimum absolute atomic E-state index is 0.00868. The quantitative estimate of drug-likeness (QED) is 0.591. The lowest BCUT2D eigenvalue weighted by Crippen LogP contribution is -2.51. The Bertz CT molecular complexity index is 941. The van der Waals surface area contributed by atoms with Crippen molar-refractivity contribution >= 4 is 29.4 Å². The molecule has 0 saturated heterocycles. The van der Waals surface area contributed by atoms with Gasteiger partial charge in [-0.3, -0.25) is 0 Å². The number of amides is 2. The van der Waals surface area contributed by atoms with Crippen LogP contribution in [0.1, 0.15) is 37.8 Å². The number of rotatable bonds is 6. The van der Waals surface area contributed by atoms with E-state index >= 15 is 0 Å². The number of nitrogens with two attached hydrogens (primary N) is 1. The maximum atomic E-state index is 12.3. The summed E-state index contributed by atoms with van der Waals surface area (Å²) in [4.78, 5) is 24.3. The third-order valence-corrected chi connectivity index (χ3v) is 5.11. The van der Waals surface area contributed by atoms with Crippen LogP contribution in [0, 0.1) is 0 Å². The average Bonchev–Trinajstić information content (AvgIpc) is 3.02. The SMILES string of the molecule is CC(C)(C)OC(=O)N[C@@H](CNC(=O)OCC1c2ccccc2-c2ccccc21)C(N)=S. The van der Waals surface area contributed by atoms with Gasteiger partial charge in [0.1, 0.15) is 12.2 Å². The largest absolute Gasteiger partial charge is 0.449 e. The smallest absolute Gasteiger partial charge is 0.408 e. The maximum Gasteiger partial charge on any atom is 0.408 e. The number of ether oxygens (including phenoxy) is 2. The van der Waals surface area contributed by atoms with Gasteiger partial charge in [-0.25, -0.2) is 9.59 Å². The van der Waals surface area contributed by atoms with E-state index in [-0.39, 0.29) is 24.1 Å². The number of hydrogen-bond acceptors (Lipinski definition) is 5. The molecular weight excluding hydrogens is 414 g/mol. The van der Waals surface area contributed by atoms with Crippen molar-refractivity contribution in [1.29, 1.82) is 0 Å². The van der Waals surface area contributed by atoms with Gasteiger partial charge in [0.05, 0.1) is 11.0 Å². The van der Waals surface area contributed by atoms with Gasteiger partial charge in [0.15, 0.2) is 0 Å². The number of carbonyl (C=O) groups is 2. The van der Waals surface area contributed by atoms with Crippen LogP contribution in [0.15, 0.2) is 48.5 Å². The van der Waals surface area contributed by atoms with E-state index < -0.39 is 23.8 Å². The first-order chi connectivity index (χ1) is 14.7. The van der Waals surface area contributed by atoms with Crippen molar-refractivity contribution in [1.82, 2.24) is 10.6 Å². The Kier molecular flexibility index (Phi) is 6.80. The topological polar surface area (TPSA) is 103 Å². The van der Waals surface area contributed by atoms with Crippen LogP contribution >= 0.6 is 12.2 Å². The number of carbonyl (C=O) groups excluding carboxylic acids is 2. The van der Waals surface area contributed by atoms with Crippen LogP contribution < -0.4 is 16.4 Å². The monoisotopic (exact) mass is 441 g/mol. The molecule has 164 valence electrons. The van der Waals surface area contributed by atoms with Gasteiger partial charge in [-0.05, 0) is 43.0 Å². The normalized spacial score (nSPS) is 13.5. The van der Waals surface area contributed by atoms with E-state index in [1.165, 1.54) is 0 Å². The minimum atomic E-state index is -0.759. The Labute approximate surface area is 187 Å². The van der Waals surface area contributed by atoms with Gasteiger partial charge in [0.25, 0.3) is 0 Å². The molecule has 0 aromatic heterocycles. The van der Waals surface area contributed by atoms with E-state index in [1.54, 1.807) is 20.8 Å². The van der Waals surface area contributed by atoms with Gasteiger partial charge < -0.3 is 25.8 Å². The van der Waals surface area contributed by atoms with Crippen LogP contribution in [-0.4, -0.2) is 42.0 Å². The molecule has 2 amide bonds. The molecule has 0 unspecified atom stereocenters. The number of alkyl carbamates (subject to hydrolysis) is 2. The lowest BCUT2D eigenvalue weighted by molar-refractivity contribution is 0.0516. The Morgan fingerprint density at radius 1 is 1.03 bits per heavy atom. The summed E-state index contributed by atoms with van der Waals surface area (Å²) in [7, 11) is 0. The van der Waals surface area contributed by atoms with Crippen molar-refractivity contribution in [3.8, 4) is 11.1 Å². The average molecular weight is 442 g/mol. The van der Waals surface area contributed by atoms with Crippen molar-refractivity contribution in [2.45, 2.75) is 38.3 Å². The van der Waals surface area contributed by atoms with Crippen LogP contribution in [0.25, 0.3) is 11.1 Å². The van der Waals surface area contributed by atoms with Crippen LogP contribution in [0.4, 0.5) is 9.59 Å². The minimum Gasteiger partial charge on any atom is -0.449 e. The van der Waals surface area contributed by atoms with Crippen molar-refractivity contribution in [3.05, 3.63) is 59.7 Å². The van der Waals surface area contributed by atoms with Crippen molar-refractivity contribution in [2.24, 2.45) is 5.73 Å². The number of nitrogens with one attached hydrogen (secondary N) is 2. The van der Waals surface area contributed by atoms with Crippen molar-refractivity contribution in [2.75, 3.05) is 13.2 Å². The molecule has 0 heterocycles. The summed E-state index contributed by atoms with van der Waals surface area (Å²) in [6.45, 7) is 5.42. The molecule has 0 bridgehead atoms. The van der Waals surface area contributed by atoms with Crippen LogP contribution in [0.5, 0.6) is 0 Å². The Morgan fingerprint density at radius 2 is 1.58 bits per heavy atom. The summed E-state index contributed by atoms with van der Waals surface area (Å²) in [5, 5.41) is 5.16. The number of fused-ring (bicyclic) bond motifs is 3. The highest BCUT2D eigenvalue weighted by atomic mass is 32.1. The molecule has 0 aliphatic heterocycles. The molecule has 4 N–H and O–H groups in total. The van der Waals surface area contributed by atoms with E-state index in [4.69, 9.17) is 27.4 Å². The molecule has 2 aromatic carbocycles. The van der Waals surface area contributed by atoms with Crippen molar-refractivity contribution < 1.29 is 19.1 Å². The predicted molar refractivity (Wildman–Crippen MR) is 123 cm³/mol. The fourth-order valence-corrected chi connectivity index (χ4v) is 3.65. The molecule has 0 fully saturated rings. The second-order valence-corrected chi connectivity index (χ2v) is 8.78. The first kappa shape index (κ1) is 22.6. The zero-order valence-electron chi connectivity index (χ0n) is 17.8. The second kappa shape index (κ2) is 9.34. The molecule has 1 atom stereocenters. The Balaban J connectivity index is 1.56. The summed E-state index contributed by atoms with van der Waals surface area (Å²) in [6, 6.07) is 15.4. The molecular formula is C23H27N3O4S. The number of hydrogen-bond donors (Lipinski definition) is 3. The highest BCUT2D eigenvalue weighted by molar-refractivity contribution is 7.80. The third-order valence-electron chi connectivity index (χ3n) is 4.83. The molecule has 1 aliphatic rings. The zero-order chi connectivity index (χ0) is 22.6. The molecule has 31 heavy (non-hydrogen) atoms. The molecule has 2 aromatic rings. The number of benzene rings is 2. The van der Waals surface area contributed by atoms with Gasteiger partial charge in [0, 0.05) is 12.5 Å². The Hall–Kier alpha value is -3.13. The highest BCUT2D eigenvalue weighted by Crippen LogP contribution is 2.44. The third kappa shape index (κ3) is 5.73. The fraction of sp³-hybridized carbons (Fsp3) is 0.348. The summed E-state index contributed by atoms with van der Waals surface area (Å²) >= 11 is 4.98. The molecule has 8 heteroatoms. The summed E-state index contributed by atoms with van der Waals surface area (Å²) in [5.41, 5.74) is 9.59. The second-order valence-electron chi connectivity index (χ2n) is 8.31. The molecule has 7 nitrogen and oxygen atoms in total. The molecule has 0 saturated carbocycles. The maximum absolute atomic E-state index is 12.3. The highest BCUT2D eigenvalue weighted by Gasteiger charge is 2.29. The van der Waals surface area contributed by atoms with E-state index in [1.807, 2.05) is 24.3 Å². The van der Waals surface area contributed by atoms with E-state index in [0.29, 0.717) is 0 Å². The van der Waals surface area contributed by atoms with Gasteiger partial charge in [-0.2, -0.15) is 0 Å². The van der Waals surface area contributed by atoms with Crippen molar-refractivity contribution in [3.63, 3.8) is 0 Å². The van der Waals surface area contributed by atoms with Crippen LogP contribution in [-0.2, 0) is 9.47 Å². The first-order valence-electron chi connectivity index (χ1n) is 10.0. The molecule has 3 rings (SSSR count). The fourth-order valence-electron chi connectivity index (χ4n) is 3.51. The Morgan fingerprint density at radius 3 is 2.10 bits per heavy atom. The molecule has 0 radical (unpaired) electrons. The van der Waals surface area contributed by atoms with Gasteiger partial charge in [-0.1, -0.05) is 60.7 Å². The summed E-state index contributed by atoms with van der Waals surface area (Å²) in [5.74, 6) is -0.0376. The molecule has 0 spiro atoms. The first-order valence-corrected chi connectivity index (χ1v) is 10.4. The van der Waals surface area contributed by atoms with Gasteiger partial charge in [-0.15, -0.1) is 0 Å². The van der Waals surface area contributed by atoms with Crippen LogP contribution in [0.3, 0.4) is 0 Å². The summed E-state index contributed by atoms with van der Waals surface area (Å²) in [6.07, 6.45) is -1.28. The lowest BCUT2D eigenvalue weighted by Gasteiger charge is -2.23.